The highest BCUT2D eigenvalue weighted by Crippen LogP contribution is 2.38. The minimum atomic E-state index is -0.266. The molecule has 4 rings (SSSR count). The number of ether oxygens (including phenoxy) is 3. The fraction of sp³-hybridized carbons (Fsp3) is 0.200. The maximum absolute atomic E-state index is 12.5. The van der Waals surface area contributed by atoms with Crippen molar-refractivity contribution in [1.82, 2.24) is 15.1 Å². The van der Waals surface area contributed by atoms with Gasteiger partial charge < -0.3 is 19.5 Å². The molecule has 1 aromatic heterocycles. The lowest BCUT2D eigenvalue weighted by atomic mass is 10.1. The highest BCUT2D eigenvalue weighted by atomic mass is 35.5. The van der Waals surface area contributed by atoms with E-state index in [1.165, 1.54) is 0 Å². The molecule has 2 heterocycles. The van der Waals surface area contributed by atoms with Gasteiger partial charge in [0, 0.05) is 11.8 Å². The van der Waals surface area contributed by atoms with Gasteiger partial charge in [-0.1, -0.05) is 11.6 Å². The molecule has 3 aromatic rings. The number of hydrogen-bond acceptors (Lipinski definition) is 5. The van der Waals surface area contributed by atoms with Crippen LogP contribution in [0.4, 0.5) is 0 Å². The number of halogens is 1. The Morgan fingerprint density at radius 3 is 2.79 bits per heavy atom. The normalized spacial score (nSPS) is 12.5. The van der Waals surface area contributed by atoms with Crippen LogP contribution in [0.1, 0.15) is 16.1 Å². The van der Waals surface area contributed by atoms with Gasteiger partial charge >= 0.3 is 0 Å². The van der Waals surface area contributed by atoms with Crippen molar-refractivity contribution in [3.63, 3.8) is 0 Å². The second-order valence-electron chi connectivity index (χ2n) is 6.11. The number of aromatic nitrogens is 2. The van der Waals surface area contributed by atoms with Crippen LogP contribution < -0.4 is 19.5 Å². The van der Waals surface area contributed by atoms with Gasteiger partial charge in [0.2, 0.25) is 0 Å². The highest BCUT2D eigenvalue weighted by Gasteiger charge is 2.19. The maximum Gasteiger partial charge on any atom is 0.251 e. The lowest BCUT2D eigenvalue weighted by molar-refractivity contribution is 0.0949. The molecule has 2 aromatic carbocycles. The maximum atomic E-state index is 12.5. The first kappa shape index (κ1) is 18.2. The minimum absolute atomic E-state index is 0.266. The number of nitrogens with one attached hydrogen (secondary N) is 1. The molecular formula is C20H18ClN3O4. The summed E-state index contributed by atoms with van der Waals surface area (Å²) in [6.07, 6.45) is 1.84. The van der Waals surface area contributed by atoms with Crippen molar-refractivity contribution in [3.05, 3.63) is 64.9 Å². The van der Waals surface area contributed by atoms with Gasteiger partial charge in [-0.3, -0.25) is 4.79 Å². The summed E-state index contributed by atoms with van der Waals surface area (Å²) in [7, 11) is 1.62. The van der Waals surface area contributed by atoms with E-state index in [-0.39, 0.29) is 12.5 Å². The second kappa shape index (κ2) is 7.82. The van der Waals surface area contributed by atoms with E-state index in [2.05, 4.69) is 10.4 Å². The van der Waals surface area contributed by atoms with Crippen LogP contribution in [0, 0.1) is 0 Å². The Kier molecular flexibility index (Phi) is 5.08. The fourth-order valence-corrected chi connectivity index (χ4v) is 3.11. The van der Waals surface area contributed by atoms with Crippen molar-refractivity contribution in [2.24, 2.45) is 0 Å². The first-order valence-electron chi connectivity index (χ1n) is 8.70. The molecule has 0 unspecified atom stereocenters. The van der Waals surface area contributed by atoms with Crippen LogP contribution in [0.2, 0.25) is 5.02 Å². The molecule has 1 aliphatic rings. The Bertz CT molecular complexity index is 1000. The van der Waals surface area contributed by atoms with Crippen LogP contribution >= 0.6 is 11.6 Å². The topological polar surface area (TPSA) is 74.6 Å². The lowest BCUT2D eigenvalue weighted by Gasteiger charge is -2.20. The summed E-state index contributed by atoms with van der Waals surface area (Å²) in [6.45, 7) is 1.15. The van der Waals surface area contributed by atoms with Crippen molar-refractivity contribution in [2.45, 2.75) is 6.54 Å². The van der Waals surface area contributed by atoms with Crippen LogP contribution in [0.15, 0.2) is 48.7 Å². The SMILES string of the molecule is COc1ccc(-n2ccc(CNC(=O)c3cc(Cl)c4c(c3)OCCO4)n2)cc1. The zero-order chi connectivity index (χ0) is 19.5. The fourth-order valence-electron chi connectivity index (χ4n) is 2.85. The first-order chi connectivity index (χ1) is 13.6. The molecule has 0 saturated carbocycles. The van der Waals surface area contributed by atoms with E-state index >= 15 is 0 Å². The molecule has 0 atom stereocenters. The van der Waals surface area contributed by atoms with Gasteiger partial charge in [0.1, 0.15) is 19.0 Å². The van der Waals surface area contributed by atoms with Crippen molar-refractivity contribution in [2.75, 3.05) is 20.3 Å². The number of fused-ring (bicyclic) bond motifs is 1. The number of nitrogens with zero attached hydrogens (tertiary/aromatic N) is 2. The van der Waals surface area contributed by atoms with Crippen LogP contribution in [-0.2, 0) is 6.54 Å². The predicted molar refractivity (Wildman–Crippen MR) is 104 cm³/mol. The van der Waals surface area contributed by atoms with Crippen molar-refractivity contribution in [1.29, 1.82) is 0 Å². The third kappa shape index (κ3) is 3.75. The Morgan fingerprint density at radius 2 is 2.00 bits per heavy atom. The summed E-state index contributed by atoms with van der Waals surface area (Å²) in [6, 6.07) is 12.6. The number of rotatable bonds is 5. The summed E-state index contributed by atoms with van der Waals surface area (Å²) in [4.78, 5) is 12.5. The van der Waals surface area contributed by atoms with Gasteiger partial charge in [0.15, 0.2) is 11.5 Å². The van der Waals surface area contributed by atoms with E-state index in [1.807, 2.05) is 36.5 Å². The number of benzene rings is 2. The van der Waals surface area contributed by atoms with Crippen LogP contribution in [0.3, 0.4) is 0 Å². The van der Waals surface area contributed by atoms with Gasteiger partial charge in [0.25, 0.3) is 5.91 Å². The van der Waals surface area contributed by atoms with E-state index in [9.17, 15) is 4.79 Å². The van der Waals surface area contributed by atoms with E-state index < -0.39 is 0 Å². The summed E-state index contributed by atoms with van der Waals surface area (Å²) in [5, 5.41) is 7.68. The molecule has 1 amide bonds. The van der Waals surface area contributed by atoms with Gasteiger partial charge in [-0.05, 0) is 42.5 Å². The molecule has 0 radical (unpaired) electrons. The average molecular weight is 400 g/mol. The zero-order valence-electron chi connectivity index (χ0n) is 15.1. The average Bonchev–Trinajstić information content (AvgIpc) is 3.21. The van der Waals surface area contributed by atoms with E-state index in [4.69, 9.17) is 25.8 Å². The number of hydrogen-bond donors (Lipinski definition) is 1. The third-order valence-corrected chi connectivity index (χ3v) is 4.55. The molecule has 0 fully saturated rings. The Balaban J connectivity index is 1.42. The van der Waals surface area contributed by atoms with Crippen molar-refractivity contribution < 1.29 is 19.0 Å². The molecular weight excluding hydrogens is 382 g/mol. The summed E-state index contributed by atoms with van der Waals surface area (Å²) < 4.78 is 17.9. The molecule has 8 heteroatoms. The van der Waals surface area contributed by atoms with Gasteiger partial charge in [-0.2, -0.15) is 5.10 Å². The molecule has 28 heavy (non-hydrogen) atoms. The van der Waals surface area contributed by atoms with Gasteiger partial charge in [0.05, 0.1) is 30.1 Å². The van der Waals surface area contributed by atoms with Gasteiger partial charge in [-0.25, -0.2) is 4.68 Å². The first-order valence-corrected chi connectivity index (χ1v) is 9.08. The van der Waals surface area contributed by atoms with Crippen molar-refractivity contribution in [3.8, 4) is 22.9 Å². The minimum Gasteiger partial charge on any atom is -0.497 e. The van der Waals surface area contributed by atoms with Crippen molar-refractivity contribution >= 4 is 17.5 Å². The number of carbonyl (C=O) groups excluding carboxylic acids is 1. The predicted octanol–water partition coefficient (Wildman–Crippen LogP) is 3.24. The third-order valence-electron chi connectivity index (χ3n) is 4.27. The molecule has 0 spiro atoms. The molecule has 7 nitrogen and oxygen atoms in total. The van der Waals surface area contributed by atoms with E-state index in [1.54, 1.807) is 23.9 Å². The summed E-state index contributed by atoms with van der Waals surface area (Å²) >= 11 is 6.19. The van der Waals surface area contributed by atoms with Gasteiger partial charge in [-0.15, -0.1) is 0 Å². The number of carbonyl (C=O) groups is 1. The molecule has 0 aliphatic carbocycles. The molecule has 144 valence electrons. The van der Waals surface area contributed by atoms with E-state index in [0.717, 1.165) is 17.1 Å². The van der Waals surface area contributed by atoms with Crippen LogP contribution in [-0.4, -0.2) is 36.0 Å². The quantitative estimate of drug-likeness (QED) is 0.713. The Labute approximate surface area is 166 Å². The molecule has 1 aliphatic heterocycles. The monoisotopic (exact) mass is 399 g/mol. The Morgan fingerprint density at radius 1 is 1.21 bits per heavy atom. The van der Waals surface area contributed by atoms with Crippen LogP contribution in [0.5, 0.6) is 17.2 Å². The standard InChI is InChI=1S/C20H18ClN3O4/c1-26-16-4-2-15(3-5-16)24-7-6-14(23-24)12-22-20(25)13-10-17(21)19-18(11-13)27-8-9-28-19/h2-7,10-11H,8-9,12H2,1H3,(H,22,25). The zero-order valence-corrected chi connectivity index (χ0v) is 15.9. The molecule has 1 N–H and O–H groups in total. The molecule has 0 bridgehead atoms. The summed E-state index contributed by atoms with van der Waals surface area (Å²) in [5.74, 6) is 1.47. The number of amides is 1. The van der Waals surface area contributed by atoms with E-state index in [0.29, 0.717) is 35.3 Å². The smallest absolute Gasteiger partial charge is 0.251 e. The molecule has 0 saturated heterocycles. The highest BCUT2D eigenvalue weighted by molar-refractivity contribution is 6.32. The largest absolute Gasteiger partial charge is 0.497 e. The van der Waals surface area contributed by atoms with Crippen LogP contribution in [0.25, 0.3) is 5.69 Å². The lowest BCUT2D eigenvalue weighted by Crippen LogP contribution is -2.24. The number of methoxy groups -OCH3 is 1. The summed E-state index contributed by atoms with van der Waals surface area (Å²) in [5.41, 5.74) is 2.04. The second-order valence-corrected chi connectivity index (χ2v) is 6.52. The Hall–Kier alpha value is -3.19.